The zero-order valence-electron chi connectivity index (χ0n) is 14.6. The summed E-state index contributed by atoms with van der Waals surface area (Å²) in [5.74, 6) is 0.582. The van der Waals surface area contributed by atoms with Crippen molar-refractivity contribution >= 4 is 12.3 Å². The third-order valence-electron chi connectivity index (χ3n) is 2.91. The van der Waals surface area contributed by atoms with Gasteiger partial charge in [-0.05, 0) is 43.2 Å². The second kappa shape index (κ2) is 9.82. The average molecular weight is 339 g/mol. The number of rotatable bonds is 5. The number of aromatic nitrogens is 1. The van der Waals surface area contributed by atoms with Crippen LogP contribution < -0.4 is 9.47 Å². The summed E-state index contributed by atoms with van der Waals surface area (Å²) in [4.78, 5) is 24.9. The Kier molecular flexibility index (Phi) is 7.79. The molecular formula is C20H21NO4. The van der Waals surface area contributed by atoms with E-state index >= 15 is 0 Å². The van der Waals surface area contributed by atoms with Crippen LogP contribution in [0.4, 0.5) is 0 Å². The van der Waals surface area contributed by atoms with Crippen molar-refractivity contribution in [2.24, 2.45) is 0 Å². The van der Waals surface area contributed by atoms with Crippen LogP contribution in [-0.2, 0) is 9.59 Å². The predicted molar refractivity (Wildman–Crippen MR) is 97.6 cm³/mol. The number of methoxy groups -OCH3 is 1. The monoisotopic (exact) mass is 339 g/mol. The lowest BCUT2D eigenvalue weighted by atomic mass is 10.1. The first kappa shape index (κ1) is 19.8. The fourth-order valence-electron chi connectivity index (χ4n) is 1.58. The van der Waals surface area contributed by atoms with Gasteiger partial charge in [0.25, 0.3) is 0 Å². The molecule has 0 atom stereocenters. The van der Waals surface area contributed by atoms with Gasteiger partial charge in [-0.15, -0.1) is 0 Å². The molecule has 0 unspecified atom stereocenters. The zero-order valence-corrected chi connectivity index (χ0v) is 14.6. The first-order valence-electron chi connectivity index (χ1n) is 7.46. The van der Waals surface area contributed by atoms with Crippen LogP contribution in [0.1, 0.15) is 13.8 Å². The molecule has 0 bridgehead atoms. The Balaban J connectivity index is 0.000000550. The highest BCUT2D eigenvalue weighted by molar-refractivity contribution is 5.88. The molecule has 0 aliphatic heterocycles. The van der Waals surface area contributed by atoms with Crippen molar-refractivity contribution < 1.29 is 19.1 Å². The molecule has 0 radical (unpaired) electrons. The Hall–Kier alpha value is -3.21. The number of aldehydes is 1. The van der Waals surface area contributed by atoms with Crippen molar-refractivity contribution in [1.82, 2.24) is 4.98 Å². The Morgan fingerprint density at radius 3 is 2.00 bits per heavy atom. The van der Waals surface area contributed by atoms with E-state index in [9.17, 15) is 9.59 Å². The fourth-order valence-corrected chi connectivity index (χ4v) is 1.58. The summed E-state index contributed by atoms with van der Waals surface area (Å²) in [5.41, 5.74) is 2.86. The van der Waals surface area contributed by atoms with E-state index in [-0.39, 0.29) is 5.88 Å². The third kappa shape index (κ3) is 6.83. The number of ether oxygens (including phenoxy) is 2. The summed E-state index contributed by atoms with van der Waals surface area (Å²) in [5, 5.41) is 0. The zero-order chi connectivity index (χ0) is 18.8. The Labute approximate surface area is 147 Å². The molecule has 1 aromatic carbocycles. The van der Waals surface area contributed by atoms with E-state index in [2.05, 4.69) is 18.1 Å². The lowest BCUT2D eigenvalue weighted by Crippen LogP contribution is -2.09. The van der Waals surface area contributed by atoms with Crippen LogP contribution in [0.15, 0.2) is 66.9 Å². The molecule has 0 N–H and O–H groups in total. The number of hydrogen-bond donors (Lipinski definition) is 0. The molecule has 0 saturated heterocycles. The van der Waals surface area contributed by atoms with E-state index in [1.807, 2.05) is 30.3 Å². The van der Waals surface area contributed by atoms with Crippen molar-refractivity contribution in [2.45, 2.75) is 13.8 Å². The normalized spacial score (nSPS) is 9.24. The van der Waals surface area contributed by atoms with Crippen molar-refractivity contribution in [3.05, 3.63) is 66.9 Å². The minimum absolute atomic E-state index is 0.260. The number of pyridine rings is 1. The largest absolute Gasteiger partial charge is 0.497 e. The van der Waals surface area contributed by atoms with E-state index < -0.39 is 5.97 Å². The maximum absolute atomic E-state index is 11.4. The molecule has 0 spiro atoms. The van der Waals surface area contributed by atoms with Crippen LogP contribution in [-0.4, -0.2) is 24.3 Å². The molecule has 5 nitrogen and oxygen atoms in total. The van der Waals surface area contributed by atoms with Crippen LogP contribution in [0.2, 0.25) is 0 Å². The molecule has 0 saturated carbocycles. The van der Waals surface area contributed by atoms with E-state index in [1.54, 1.807) is 33.2 Å². The first-order chi connectivity index (χ1) is 11.9. The van der Waals surface area contributed by atoms with Crippen LogP contribution in [0.25, 0.3) is 11.1 Å². The standard InChI is InChI=1S/C16H15NO3.C4H6O/c1-11(2)16(18)20-15-9-6-13(10-17-15)12-4-7-14(19-3)8-5-12;1-4(2)3-5/h4-10H,1H2,2-3H3;3H,1H2,2H3. The van der Waals surface area contributed by atoms with Crippen molar-refractivity contribution in [3.63, 3.8) is 0 Å². The van der Waals surface area contributed by atoms with E-state index in [1.165, 1.54) is 0 Å². The summed E-state index contributed by atoms with van der Waals surface area (Å²) < 4.78 is 10.1. The van der Waals surface area contributed by atoms with Gasteiger partial charge in [-0.25, -0.2) is 9.78 Å². The summed E-state index contributed by atoms with van der Waals surface area (Å²) in [6, 6.07) is 11.1. The number of carbonyl (C=O) groups is 2. The van der Waals surface area contributed by atoms with Gasteiger partial charge in [0.15, 0.2) is 0 Å². The second-order valence-corrected chi connectivity index (χ2v) is 5.25. The fraction of sp³-hybridized carbons (Fsp3) is 0.150. The minimum atomic E-state index is -0.477. The van der Waals surface area contributed by atoms with Crippen molar-refractivity contribution in [3.8, 4) is 22.8 Å². The first-order valence-corrected chi connectivity index (χ1v) is 7.46. The highest BCUT2D eigenvalue weighted by atomic mass is 16.5. The number of benzene rings is 1. The summed E-state index contributed by atoms with van der Waals surface area (Å²) >= 11 is 0. The molecule has 1 aromatic heterocycles. The maximum Gasteiger partial charge on any atom is 0.339 e. The quantitative estimate of drug-likeness (QED) is 0.468. The third-order valence-corrected chi connectivity index (χ3v) is 2.91. The smallest absolute Gasteiger partial charge is 0.339 e. The SMILES string of the molecule is C=C(C)C(=O)Oc1ccc(-c2ccc(OC)cc2)cn1.C=C(C)C=O. The van der Waals surface area contributed by atoms with Gasteiger partial charge < -0.3 is 9.47 Å². The predicted octanol–water partition coefficient (Wildman–Crippen LogP) is 4.00. The second-order valence-electron chi connectivity index (χ2n) is 5.25. The highest BCUT2D eigenvalue weighted by Gasteiger charge is 2.06. The van der Waals surface area contributed by atoms with Gasteiger partial charge in [0.1, 0.15) is 12.0 Å². The van der Waals surface area contributed by atoms with Gasteiger partial charge in [0, 0.05) is 23.4 Å². The number of nitrogens with zero attached hydrogens (tertiary/aromatic N) is 1. The summed E-state index contributed by atoms with van der Waals surface area (Å²) in [6.45, 7) is 10.1. The van der Waals surface area contributed by atoms with Crippen LogP contribution >= 0.6 is 0 Å². The summed E-state index contributed by atoms with van der Waals surface area (Å²) in [7, 11) is 1.63. The molecule has 0 fully saturated rings. The minimum Gasteiger partial charge on any atom is -0.497 e. The van der Waals surface area contributed by atoms with Gasteiger partial charge in [-0.2, -0.15) is 0 Å². The summed E-state index contributed by atoms with van der Waals surface area (Å²) in [6.07, 6.45) is 2.38. The lowest BCUT2D eigenvalue weighted by molar-refractivity contribution is -0.130. The van der Waals surface area contributed by atoms with E-state index in [0.29, 0.717) is 11.1 Å². The topological polar surface area (TPSA) is 65.5 Å². The molecule has 2 rings (SSSR count). The maximum atomic E-state index is 11.4. The molecule has 1 heterocycles. The number of allylic oxidation sites excluding steroid dienone is 1. The van der Waals surface area contributed by atoms with Crippen molar-refractivity contribution in [1.29, 1.82) is 0 Å². The number of hydrogen-bond acceptors (Lipinski definition) is 5. The Morgan fingerprint density at radius 1 is 1.04 bits per heavy atom. The number of carbonyl (C=O) groups excluding carboxylic acids is 2. The molecule has 5 heteroatoms. The number of esters is 1. The van der Waals surface area contributed by atoms with Gasteiger partial charge in [-0.3, -0.25) is 4.79 Å². The molecule has 2 aromatic rings. The Morgan fingerprint density at radius 2 is 1.60 bits per heavy atom. The molecular weight excluding hydrogens is 318 g/mol. The molecule has 0 aliphatic rings. The highest BCUT2D eigenvalue weighted by Crippen LogP contribution is 2.23. The van der Waals surface area contributed by atoms with Gasteiger partial charge in [0.2, 0.25) is 5.88 Å². The van der Waals surface area contributed by atoms with Crippen LogP contribution in [0.5, 0.6) is 11.6 Å². The molecule has 25 heavy (non-hydrogen) atoms. The van der Waals surface area contributed by atoms with Gasteiger partial charge >= 0.3 is 5.97 Å². The van der Waals surface area contributed by atoms with Gasteiger partial charge in [-0.1, -0.05) is 25.3 Å². The van der Waals surface area contributed by atoms with Gasteiger partial charge in [0.05, 0.1) is 7.11 Å². The lowest BCUT2D eigenvalue weighted by Gasteiger charge is -2.05. The average Bonchev–Trinajstić information content (AvgIpc) is 2.62. The van der Waals surface area contributed by atoms with Crippen molar-refractivity contribution in [2.75, 3.05) is 7.11 Å². The Bertz CT molecular complexity index is 746. The van der Waals surface area contributed by atoms with E-state index in [0.717, 1.165) is 23.2 Å². The molecule has 0 aliphatic carbocycles. The van der Waals surface area contributed by atoms with E-state index in [4.69, 9.17) is 9.47 Å². The molecule has 130 valence electrons. The molecule has 0 amide bonds. The van der Waals surface area contributed by atoms with Crippen LogP contribution in [0, 0.1) is 0 Å². The van der Waals surface area contributed by atoms with Crippen LogP contribution in [0.3, 0.4) is 0 Å².